The molecule has 4 nitrogen and oxygen atoms in total. The zero-order chi connectivity index (χ0) is 14.9. The van der Waals surface area contributed by atoms with Gasteiger partial charge in [-0.05, 0) is 29.1 Å². The van der Waals surface area contributed by atoms with Gasteiger partial charge in [-0.1, -0.05) is 30.3 Å². The van der Waals surface area contributed by atoms with Crippen molar-refractivity contribution in [3.8, 4) is 21.8 Å². The maximum Gasteiger partial charge on any atom is 0.154 e. The molecule has 22 heavy (non-hydrogen) atoms. The van der Waals surface area contributed by atoms with Crippen LogP contribution >= 0.6 is 11.3 Å². The van der Waals surface area contributed by atoms with Gasteiger partial charge in [-0.2, -0.15) is 5.10 Å². The lowest BCUT2D eigenvalue weighted by atomic mass is 10.1. The summed E-state index contributed by atoms with van der Waals surface area (Å²) in [6.07, 6.45) is 1.85. The van der Waals surface area contributed by atoms with Gasteiger partial charge in [0.1, 0.15) is 5.69 Å². The highest BCUT2D eigenvalue weighted by atomic mass is 32.1. The summed E-state index contributed by atoms with van der Waals surface area (Å²) in [6, 6.07) is 15.8. The molecule has 0 fully saturated rings. The molecule has 0 amide bonds. The second kappa shape index (κ2) is 5.36. The summed E-state index contributed by atoms with van der Waals surface area (Å²) in [4.78, 5) is 5.56. The Morgan fingerprint density at radius 1 is 1.05 bits per heavy atom. The van der Waals surface area contributed by atoms with Gasteiger partial charge in [0, 0.05) is 5.56 Å². The maximum atomic E-state index is 9.13. The Hall–Kier alpha value is -2.50. The molecule has 3 heterocycles. The molecular formula is C17H13N3OS. The van der Waals surface area contributed by atoms with Crippen LogP contribution in [0.5, 0.6) is 0 Å². The lowest BCUT2D eigenvalue weighted by Crippen LogP contribution is -1.96. The van der Waals surface area contributed by atoms with Crippen LogP contribution in [0.1, 0.15) is 5.56 Å². The average Bonchev–Trinajstić information content (AvgIpc) is 3.23. The van der Waals surface area contributed by atoms with Crippen molar-refractivity contribution in [1.82, 2.24) is 14.6 Å². The molecule has 0 saturated carbocycles. The van der Waals surface area contributed by atoms with E-state index in [1.807, 2.05) is 58.6 Å². The van der Waals surface area contributed by atoms with Crippen LogP contribution < -0.4 is 0 Å². The molecule has 0 aliphatic rings. The van der Waals surface area contributed by atoms with E-state index in [1.54, 1.807) is 11.3 Å². The number of fused-ring (bicyclic) bond motifs is 1. The average molecular weight is 307 g/mol. The third kappa shape index (κ3) is 2.20. The standard InChI is InChI=1S/C17H13N3OS/c21-11-12-3-5-13(6-4-12)14-7-8-17-18-10-15(20(17)19-14)16-2-1-9-22-16/h1-10,21H,11H2. The van der Waals surface area contributed by atoms with E-state index in [0.29, 0.717) is 0 Å². The van der Waals surface area contributed by atoms with Gasteiger partial charge in [0.25, 0.3) is 0 Å². The fourth-order valence-corrected chi connectivity index (χ4v) is 3.12. The van der Waals surface area contributed by atoms with Gasteiger partial charge in [0.2, 0.25) is 0 Å². The molecule has 1 N–H and O–H groups in total. The molecule has 0 spiro atoms. The Morgan fingerprint density at radius 3 is 2.64 bits per heavy atom. The Balaban J connectivity index is 1.83. The summed E-state index contributed by atoms with van der Waals surface area (Å²) in [5.41, 5.74) is 4.63. The number of hydrogen-bond acceptors (Lipinski definition) is 4. The molecule has 0 saturated heterocycles. The Bertz CT molecular complexity index is 911. The van der Waals surface area contributed by atoms with Crippen molar-refractivity contribution < 1.29 is 5.11 Å². The predicted octanol–water partition coefficient (Wildman–Crippen LogP) is 3.62. The van der Waals surface area contributed by atoms with Crippen molar-refractivity contribution in [3.05, 3.63) is 65.7 Å². The van der Waals surface area contributed by atoms with E-state index < -0.39 is 0 Å². The minimum Gasteiger partial charge on any atom is -0.392 e. The van der Waals surface area contributed by atoms with Crippen molar-refractivity contribution in [3.63, 3.8) is 0 Å². The normalized spacial score (nSPS) is 11.1. The first-order chi connectivity index (χ1) is 10.8. The van der Waals surface area contributed by atoms with Gasteiger partial charge in [-0.3, -0.25) is 0 Å². The minimum atomic E-state index is 0.0524. The zero-order valence-electron chi connectivity index (χ0n) is 11.7. The molecule has 108 valence electrons. The van der Waals surface area contributed by atoms with E-state index in [9.17, 15) is 0 Å². The zero-order valence-corrected chi connectivity index (χ0v) is 12.5. The molecular weight excluding hydrogens is 294 g/mol. The fraction of sp³-hybridized carbons (Fsp3) is 0.0588. The molecule has 5 heteroatoms. The van der Waals surface area contributed by atoms with Crippen LogP contribution in [0.2, 0.25) is 0 Å². The quantitative estimate of drug-likeness (QED) is 0.629. The van der Waals surface area contributed by atoms with Crippen LogP contribution in [0.15, 0.2) is 60.1 Å². The van der Waals surface area contributed by atoms with E-state index in [0.717, 1.165) is 33.0 Å². The number of hydrogen-bond donors (Lipinski definition) is 1. The van der Waals surface area contributed by atoms with Crippen molar-refractivity contribution >= 4 is 17.0 Å². The van der Waals surface area contributed by atoms with E-state index in [-0.39, 0.29) is 6.61 Å². The molecule has 0 unspecified atom stereocenters. The number of aliphatic hydroxyl groups is 1. The summed E-state index contributed by atoms with van der Waals surface area (Å²) in [7, 11) is 0. The summed E-state index contributed by atoms with van der Waals surface area (Å²) < 4.78 is 1.88. The number of rotatable bonds is 3. The van der Waals surface area contributed by atoms with Gasteiger partial charge >= 0.3 is 0 Å². The molecule has 3 aromatic heterocycles. The number of benzene rings is 1. The van der Waals surface area contributed by atoms with E-state index >= 15 is 0 Å². The van der Waals surface area contributed by atoms with Crippen LogP contribution in [0.25, 0.3) is 27.5 Å². The van der Waals surface area contributed by atoms with Crippen molar-refractivity contribution in [1.29, 1.82) is 0 Å². The lowest BCUT2D eigenvalue weighted by molar-refractivity contribution is 0.282. The molecule has 0 aliphatic carbocycles. The summed E-state index contributed by atoms with van der Waals surface area (Å²) in [5, 5.41) is 15.9. The highest BCUT2D eigenvalue weighted by Gasteiger charge is 2.09. The Labute approximate surface area is 131 Å². The number of aromatic nitrogens is 3. The second-order valence-electron chi connectivity index (χ2n) is 4.96. The van der Waals surface area contributed by atoms with Crippen LogP contribution in [-0.2, 0) is 6.61 Å². The Morgan fingerprint density at radius 2 is 1.91 bits per heavy atom. The van der Waals surface area contributed by atoms with Gasteiger partial charge in [0.05, 0.1) is 23.4 Å². The number of thiophene rings is 1. The topological polar surface area (TPSA) is 50.4 Å². The van der Waals surface area contributed by atoms with Crippen LogP contribution in [-0.4, -0.2) is 19.7 Å². The first kappa shape index (κ1) is 13.2. The monoisotopic (exact) mass is 307 g/mol. The molecule has 0 bridgehead atoms. The molecule has 0 atom stereocenters. The van der Waals surface area contributed by atoms with Gasteiger partial charge in [0.15, 0.2) is 5.65 Å². The molecule has 1 aromatic carbocycles. The van der Waals surface area contributed by atoms with Crippen molar-refractivity contribution in [2.75, 3.05) is 0 Å². The SMILES string of the molecule is OCc1ccc(-c2ccc3ncc(-c4cccs4)n3n2)cc1. The van der Waals surface area contributed by atoms with Crippen LogP contribution in [0.4, 0.5) is 0 Å². The minimum absolute atomic E-state index is 0.0524. The van der Waals surface area contributed by atoms with Gasteiger partial charge in [-0.25, -0.2) is 9.50 Å². The number of nitrogens with zero attached hydrogens (tertiary/aromatic N) is 3. The van der Waals surface area contributed by atoms with Crippen LogP contribution in [0, 0.1) is 0 Å². The number of imidazole rings is 1. The largest absolute Gasteiger partial charge is 0.392 e. The predicted molar refractivity (Wildman–Crippen MR) is 87.7 cm³/mol. The van der Waals surface area contributed by atoms with Crippen molar-refractivity contribution in [2.45, 2.75) is 6.61 Å². The lowest BCUT2D eigenvalue weighted by Gasteiger charge is -2.04. The third-order valence-corrected chi connectivity index (χ3v) is 4.46. The summed E-state index contributed by atoms with van der Waals surface area (Å²) >= 11 is 1.67. The number of aliphatic hydroxyl groups excluding tert-OH is 1. The summed E-state index contributed by atoms with van der Waals surface area (Å²) in [6.45, 7) is 0.0524. The molecule has 4 rings (SSSR count). The first-order valence-electron chi connectivity index (χ1n) is 6.94. The third-order valence-electron chi connectivity index (χ3n) is 3.57. The summed E-state index contributed by atoms with van der Waals surface area (Å²) in [5.74, 6) is 0. The fourth-order valence-electron chi connectivity index (χ4n) is 2.40. The van der Waals surface area contributed by atoms with E-state index in [1.165, 1.54) is 0 Å². The first-order valence-corrected chi connectivity index (χ1v) is 7.82. The second-order valence-corrected chi connectivity index (χ2v) is 5.91. The molecule has 4 aromatic rings. The van der Waals surface area contributed by atoms with E-state index in [4.69, 9.17) is 10.2 Å². The van der Waals surface area contributed by atoms with Gasteiger partial charge < -0.3 is 5.11 Å². The van der Waals surface area contributed by atoms with Crippen molar-refractivity contribution in [2.24, 2.45) is 0 Å². The smallest absolute Gasteiger partial charge is 0.154 e. The molecule has 0 radical (unpaired) electrons. The Kier molecular flexibility index (Phi) is 3.21. The molecule has 0 aliphatic heterocycles. The highest BCUT2D eigenvalue weighted by Crippen LogP contribution is 2.26. The van der Waals surface area contributed by atoms with E-state index in [2.05, 4.69) is 11.1 Å². The maximum absolute atomic E-state index is 9.13. The van der Waals surface area contributed by atoms with Crippen LogP contribution in [0.3, 0.4) is 0 Å². The highest BCUT2D eigenvalue weighted by molar-refractivity contribution is 7.13. The van der Waals surface area contributed by atoms with Gasteiger partial charge in [-0.15, -0.1) is 11.3 Å².